The van der Waals surface area contributed by atoms with Gasteiger partial charge in [0.05, 0.1) is 11.1 Å². The van der Waals surface area contributed by atoms with Gasteiger partial charge in [-0.3, -0.25) is 0 Å². The summed E-state index contributed by atoms with van der Waals surface area (Å²) in [6, 6.07) is 3.44. The molecule has 0 saturated heterocycles. The van der Waals surface area contributed by atoms with Gasteiger partial charge in [0, 0.05) is 24.7 Å². The maximum atomic E-state index is 12.6. The average molecular weight is 215 g/mol. The minimum atomic E-state index is -4.45. The largest absolute Gasteiger partial charge is 0.508 e. The summed E-state index contributed by atoms with van der Waals surface area (Å²) in [4.78, 5) is 0. The lowest BCUT2D eigenvalue weighted by atomic mass is 10.1. The third-order valence-electron chi connectivity index (χ3n) is 2.29. The third-order valence-corrected chi connectivity index (χ3v) is 2.29. The first-order chi connectivity index (χ1) is 6.89. The Morgan fingerprint density at radius 2 is 1.93 bits per heavy atom. The first-order valence-electron chi connectivity index (χ1n) is 4.25. The van der Waals surface area contributed by atoms with E-state index in [9.17, 15) is 18.3 Å². The zero-order valence-electron chi connectivity index (χ0n) is 7.84. The second-order valence-corrected chi connectivity index (χ2v) is 3.35. The van der Waals surface area contributed by atoms with Crippen molar-refractivity contribution in [3.63, 3.8) is 0 Å². The fourth-order valence-electron chi connectivity index (χ4n) is 1.59. The Hall–Kier alpha value is -1.65. The SMILES string of the molecule is Cn1ccc2c(C(F)(F)F)cc(O)cc21. The van der Waals surface area contributed by atoms with Gasteiger partial charge >= 0.3 is 6.18 Å². The van der Waals surface area contributed by atoms with Crippen molar-refractivity contribution >= 4 is 10.9 Å². The summed E-state index contributed by atoms with van der Waals surface area (Å²) >= 11 is 0. The number of aromatic hydroxyl groups is 1. The highest BCUT2D eigenvalue weighted by Crippen LogP contribution is 2.37. The molecule has 0 aliphatic heterocycles. The normalized spacial score (nSPS) is 12.3. The Morgan fingerprint density at radius 1 is 1.27 bits per heavy atom. The van der Waals surface area contributed by atoms with E-state index in [1.807, 2.05) is 0 Å². The van der Waals surface area contributed by atoms with Gasteiger partial charge in [0.1, 0.15) is 5.75 Å². The van der Waals surface area contributed by atoms with E-state index in [-0.39, 0.29) is 11.1 Å². The van der Waals surface area contributed by atoms with Gasteiger partial charge in [0.25, 0.3) is 0 Å². The number of alkyl halides is 3. The van der Waals surface area contributed by atoms with Crippen LogP contribution in [0.15, 0.2) is 24.4 Å². The van der Waals surface area contributed by atoms with Crippen LogP contribution in [-0.4, -0.2) is 9.67 Å². The van der Waals surface area contributed by atoms with Crippen molar-refractivity contribution in [2.45, 2.75) is 6.18 Å². The van der Waals surface area contributed by atoms with Crippen molar-refractivity contribution in [2.24, 2.45) is 7.05 Å². The highest BCUT2D eigenvalue weighted by molar-refractivity contribution is 5.85. The van der Waals surface area contributed by atoms with Crippen molar-refractivity contribution in [2.75, 3.05) is 0 Å². The van der Waals surface area contributed by atoms with Gasteiger partial charge in [-0.15, -0.1) is 0 Å². The van der Waals surface area contributed by atoms with E-state index in [1.165, 1.54) is 22.9 Å². The molecule has 0 unspecified atom stereocenters. The molecule has 0 aliphatic rings. The van der Waals surface area contributed by atoms with Crippen LogP contribution in [0.25, 0.3) is 10.9 Å². The highest BCUT2D eigenvalue weighted by Gasteiger charge is 2.33. The predicted molar refractivity (Wildman–Crippen MR) is 49.6 cm³/mol. The lowest BCUT2D eigenvalue weighted by Crippen LogP contribution is -2.05. The summed E-state index contributed by atoms with van der Waals surface area (Å²) < 4.78 is 39.3. The molecule has 1 aromatic heterocycles. The van der Waals surface area contributed by atoms with E-state index in [0.717, 1.165) is 6.07 Å². The Balaban J connectivity index is 2.84. The molecule has 0 fully saturated rings. The first kappa shape index (κ1) is 9.89. The van der Waals surface area contributed by atoms with E-state index in [2.05, 4.69) is 0 Å². The fourth-order valence-corrected chi connectivity index (χ4v) is 1.59. The summed E-state index contributed by atoms with van der Waals surface area (Å²) in [5.74, 6) is -0.378. The maximum absolute atomic E-state index is 12.6. The monoisotopic (exact) mass is 215 g/mol. The van der Waals surface area contributed by atoms with Crippen LogP contribution in [0.4, 0.5) is 13.2 Å². The number of nitrogens with zero attached hydrogens (tertiary/aromatic N) is 1. The van der Waals surface area contributed by atoms with Crippen molar-refractivity contribution in [1.82, 2.24) is 4.57 Å². The number of hydrogen-bond acceptors (Lipinski definition) is 1. The molecule has 0 amide bonds. The van der Waals surface area contributed by atoms with E-state index in [0.29, 0.717) is 5.52 Å². The van der Waals surface area contributed by atoms with Crippen LogP contribution < -0.4 is 0 Å². The summed E-state index contributed by atoms with van der Waals surface area (Å²) in [7, 11) is 1.63. The Bertz CT molecular complexity index is 513. The summed E-state index contributed by atoms with van der Waals surface area (Å²) in [5, 5.41) is 9.30. The van der Waals surface area contributed by atoms with Crippen LogP contribution in [0, 0.1) is 0 Å². The number of rotatable bonds is 0. The Labute approximate surface area is 83.6 Å². The number of aromatic nitrogens is 1. The lowest BCUT2D eigenvalue weighted by molar-refractivity contribution is -0.136. The topological polar surface area (TPSA) is 25.2 Å². The Morgan fingerprint density at radius 3 is 2.53 bits per heavy atom. The minimum absolute atomic E-state index is 0.0998. The van der Waals surface area contributed by atoms with Crippen LogP contribution in [0.5, 0.6) is 5.75 Å². The molecule has 15 heavy (non-hydrogen) atoms. The molecule has 2 aromatic rings. The summed E-state index contributed by atoms with van der Waals surface area (Å²) in [6.07, 6.45) is -2.92. The first-order valence-corrected chi connectivity index (χ1v) is 4.25. The molecular formula is C10H8F3NO. The molecule has 80 valence electrons. The van der Waals surface area contributed by atoms with Crippen LogP contribution >= 0.6 is 0 Å². The molecule has 0 bridgehead atoms. The maximum Gasteiger partial charge on any atom is 0.417 e. The molecule has 0 aliphatic carbocycles. The molecular weight excluding hydrogens is 207 g/mol. The van der Waals surface area contributed by atoms with E-state index >= 15 is 0 Å². The zero-order valence-corrected chi connectivity index (χ0v) is 7.84. The predicted octanol–water partition coefficient (Wildman–Crippen LogP) is 2.90. The minimum Gasteiger partial charge on any atom is -0.508 e. The summed E-state index contributed by atoms with van der Waals surface area (Å²) in [6.45, 7) is 0. The van der Waals surface area contributed by atoms with Gasteiger partial charge < -0.3 is 9.67 Å². The second kappa shape index (κ2) is 2.92. The number of phenols is 1. The molecule has 0 saturated carbocycles. The van der Waals surface area contributed by atoms with Gasteiger partial charge in [0.15, 0.2) is 0 Å². The third kappa shape index (κ3) is 1.54. The molecule has 1 heterocycles. The number of aryl methyl sites for hydroxylation is 1. The van der Waals surface area contributed by atoms with E-state index < -0.39 is 11.7 Å². The lowest BCUT2D eigenvalue weighted by Gasteiger charge is -2.09. The van der Waals surface area contributed by atoms with Gasteiger partial charge in [0.2, 0.25) is 0 Å². The molecule has 0 atom stereocenters. The highest BCUT2D eigenvalue weighted by atomic mass is 19.4. The standard InChI is InChI=1S/C10H8F3NO/c1-14-3-2-7-8(10(11,12)13)4-6(15)5-9(7)14/h2-5,15H,1H3. The number of halogens is 3. The van der Waals surface area contributed by atoms with Gasteiger partial charge in [-0.05, 0) is 12.1 Å². The molecule has 1 aromatic carbocycles. The molecule has 2 nitrogen and oxygen atoms in total. The number of benzene rings is 1. The van der Waals surface area contributed by atoms with Crippen LogP contribution in [-0.2, 0) is 13.2 Å². The van der Waals surface area contributed by atoms with Gasteiger partial charge in [-0.1, -0.05) is 0 Å². The van der Waals surface area contributed by atoms with E-state index in [1.54, 1.807) is 7.05 Å². The van der Waals surface area contributed by atoms with Crippen molar-refractivity contribution in [3.8, 4) is 5.75 Å². The summed E-state index contributed by atoms with van der Waals surface area (Å²) in [5.41, 5.74) is -0.444. The van der Waals surface area contributed by atoms with Crippen LogP contribution in [0.3, 0.4) is 0 Å². The number of fused-ring (bicyclic) bond motifs is 1. The zero-order chi connectivity index (χ0) is 11.2. The van der Waals surface area contributed by atoms with Gasteiger partial charge in [-0.25, -0.2) is 0 Å². The quantitative estimate of drug-likeness (QED) is 0.718. The smallest absolute Gasteiger partial charge is 0.417 e. The molecule has 1 N–H and O–H groups in total. The van der Waals surface area contributed by atoms with E-state index in [4.69, 9.17) is 0 Å². The average Bonchev–Trinajstić information content (AvgIpc) is 2.45. The van der Waals surface area contributed by atoms with Crippen molar-refractivity contribution in [3.05, 3.63) is 30.0 Å². The van der Waals surface area contributed by atoms with Crippen LogP contribution in [0.2, 0.25) is 0 Å². The molecule has 2 rings (SSSR count). The van der Waals surface area contributed by atoms with Gasteiger partial charge in [-0.2, -0.15) is 13.2 Å². The molecule has 5 heteroatoms. The van der Waals surface area contributed by atoms with Crippen LogP contribution in [0.1, 0.15) is 5.56 Å². The molecule has 0 spiro atoms. The van der Waals surface area contributed by atoms with Crippen molar-refractivity contribution in [1.29, 1.82) is 0 Å². The van der Waals surface area contributed by atoms with Crippen molar-refractivity contribution < 1.29 is 18.3 Å². The fraction of sp³-hybridized carbons (Fsp3) is 0.200. The Kier molecular flexibility index (Phi) is 1.92. The second-order valence-electron chi connectivity index (χ2n) is 3.35. The molecule has 0 radical (unpaired) electrons. The number of hydrogen-bond donors (Lipinski definition) is 1. The number of phenolic OH excluding ortho intramolecular Hbond substituents is 1.